The molecule has 2 aromatic heterocycles. The lowest BCUT2D eigenvalue weighted by Crippen LogP contribution is -2.29. The van der Waals surface area contributed by atoms with Crippen molar-refractivity contribution < 1.29 is 9.59 Å². The molecule has 1 aromatic carbocycles. The Morgan fingerprint density at radius 3 is 2.36 bits per heavy atom. The highest BCUT2D eigenvalue weighted by molar-refractivity contribution is 6.21. The van der Waals surface area contributed by atoms with Crippen LogP contribution in [0.3, 0.4) is 0 Å². The summed E-state index contributed by atoms with van der Waals surface area (Å²) in [5.41, 5.74) is 7.85. The summed E-state index contributed by atoms with van der Waals surface area (Å²) in [5.74, 6) is -0.198. The van der Waals surface area contributed by atoms with E-state index in [2.05, 4.69) is 15.0 Å². The Labute approximate surface area is 142 Å². The molecule has 3 heterocycles. The van der Waals surface area contributed by atoms with Crippen LogP contribution in [0.1, 0.15) is 20.7 Å². The molecule has 25 heavy (non-hydrogen) atoms. The number of benzene rings is 1. The van der Waals surface area contributed by atoms with Gasteiger partial charge in [-0.1, -0.05) is 24.3 Å². The molecule has 0 saturated carbocycles. The van der Waals surface area contributed by atoms with Gasteiger partial charge in [0.25, 0.3) is 11.8 Å². The average molecular weight is 334 g/mol. The Hall–Kier alpha value is -3.55. The molecular formula is C17H14N6O2. The van der Waals surface area contributed by atoms with Crippen molar-refractivity contribution >= 4 is 28.8 Å². The normalized spacial score (nSPS) is 14.0. The number of hydrogen-bond donors (Lipinski definition) is 1. The van der Waals surface area contributed by atoms with Crippen molar-refractivity contribution in [3.8, 4) is 0 Å². The summed E-state index contributed by atoms with van der Waals surface area (Å²) in [4.78, 5) is 38.0. The number of imide groups is 1. The first-order valence-corrected chi connectivity index (χ1v) is 7.68. The molecule has 0 spiro atoms. The third-order valence-corrected chi connectivity index (χ3v) is 4.06. The number of carbonyl (C=O) groups excluding carboxylic acids is 2. The third-order valence-electron chi connectivity index (χ3n) is 4.06. The smallest absolute Gasteiger partial charge is 0.261 e. The molecule has 2 N–H and O–H groups in total. The van der Waals surface area contributed by atoms with E-state index in [1.165, 1.54) is 11.2 Å². The average Bonchev–Trinajstić information content (AvgIpc) is 3.14. The fraction of sp³-hybridized carbons (Fsp3) is 0.118. The molecule has 0 radical (unpaired) electrons. The zero-order chi connectivity index (χ0) is 17.4. The lowest BCUT2D eigenvalue weighted by molar-refractivity contribution is 0.0672. The molecule has 4 rings (SSSR count). The van der Waals surface area contributed by atoms with Crippen molar-refractivity contribution in [2.45, 2.75) is 6.54 Å². The first-order chi connectivity index (χ1) is 12.2. The summed E-state index contributed by atoms with van der Waals surface area (Å²) >= 11 is 0. The van der Waals surface area contributed by atoms with E-state index in [9.17, 15) is 9.59 Å². The van der Waals surface area contributed by atoms with Gasteiger partial charge in [-0.3, -0.25) is 14.5 Å². The number of rotatable bonds is 4. The van der Waals surface area contributed by atoms with Gasteiger partial charge in [0, 0.05) is 13.1 Å². The Morgan fingerprint density at radius 1 is 0.960 bits per heavy atom. The number of fused-ring (bicyclic) bond motifs is 2. The van der Waals surface area contributed by atoms with E-state index >= 15 is 0 Å². The number of nitrogens with zero attached hydrogens (tertiary/aromatic N) is 5. The number of anilines is 1. The minimum absolute atomic E-state index is 0.218. The summed E-state index contributed by atoms with van der Waals surface area (Å²) < 4.78 is 1.81. The van der Waals surface area contributed by atoms with E-state index in [0.29, 0.717) is 34.7 Å². The summed E-state index contributed by atoms with van der Waals surface area (Å²) in [6.07, 6.45) is 6.64. The van der Waals surface area contributed by atoms with Crippen LogP contribution in [0.25, 0.3) is 11.2 Å². The fourth-order valence-electron chi connectivity index (χ4n) is 2.81. The second-order valence-electron chi connectivity index (χ2n) is 5.57. The van der Waals surface area contributed by atoms with Gasteiger partial charge < -0.3 is 10.3 Å². The first-order valence-electron chi connectivity index (χ1n) is 7.68. The van der Waals surface area contributed by atoms with Crippen LogP contribution in [0.2, 0.25) is 0 Å². The molecule has 1 aliphatic rings. The molecule has 0 saturated heterocycles. The summed E-state index contributed by atoms with van der Waals surface area (Å²) in [6, 6.07) is 6.84. The monoisotopic (exact) mass is 334 g/mol. The molecule has 3 aromatic rings. The Morgan fingerprint density at radius 2 is 1.64 bits per heavy atom. The molecule has 8 nitrogen and oxygen atoms in total. The van der Waals surface area contributed by atoms with Crippen LogP contribution in [-0.2, 0) is 6.54 Å². The molecule has 0 unspecified atom stereocenters. The van der Waals surface area contributed by atoms with Crippen molar-refractivity contribution in [2.75, 3.05) is 12.3 Å². The minimum atomic E-state index is -0.265. The molecule has 0 fully saturated rings. The van der Waals surface area contributed by atoms with Gasteiger partial charge in [-0.2, -0.15) is 0 Å². The second kappa shape index (κ2) is 5.82. The Kier molecular flexibility index (Phi) is 3.50. The second-order valence-corrected chi connectivity index (χ2v) is 5.57. The van der Waals surface area contributed by atoms with Crippen LogP contribution < -0.4 is 5.73 Å². The zero-order valence-electron chi connectivity index (χ0n) is 13.2. The van der Waals surface area contributed by atoms with Gasteiger partial charge in [0.05, 0.1) is 17.5 Å². The van der Waals surface area contributed by atoms with E-state index in [-0.39, 0.29) is 18.4 Å². The van der Waals surface area contributed by atoms with E-state index in [4.69, 9.17) is 5.73 Å². The van der Waals surface area contributed by atoms with Crippen LogP contribution in [-0.4, -0.2) is 42.8 Å². The lowest BCUT2D eigenvalue weighted by atomic mass is 10.1. The summed E-state index contributed by atoms with van der Waals surface area (Å²) in [6.45, 7) is 0.715. The first kappa shape index (κ1) is 15.0. The topological polar surface area (TPSA) is 107 Å². The van der Waals surface area contributed by atoms with Crippen molar-refractivity contribution in [1.29, 1.82) is 0 Å². The molecule has 124 valence electrons. The number of allylic oxidation sites excluding steroid dienone is 1. The van der Waals surface area contributed by atoms with E-state index in [1.54, 1.807) is 36.7 Å². The van der Waals surface area contributed by atoms with Crippen molar-refractivity contribution in [3.63, 3.8) is 0 Å². The Balaban J connectivity index is 1.46. The highest BCUT2D eigenvalue weighted by atomic mass is 16.2. The fourth-order valence-corrected chi connectivity index (χ4v) is 2.81. The highest BCUT2D eigenvalue weighted by Crippen LogP contribution is 2.22. The minimum Gasteiger partial charge on any atom is -0.382 e. The van der Waals surface area contributed by atoms with Gasteiger partial charge in [0.15, 0.2) is 11.5 Å². The number of imidazole rings is 1. The molecule has 1 aliphatic heterocycles. The van der Waals surface area contributed by atoms with Crippen LogP contribution in [0, 0.1) is 0 Å². The molecule has 8 heteroatoms. The lowest BCUT2D eigenvalue weighted by Gasteiger charge is -2.10. The van der Waals surface area contributed by atoms with Gasteiger partial charge in [-0.05, 0) is 12.1 Å². The predicted molar refractivity (Wildman–Crippen MR) is 90.7 cm³/mol. The SMILES string of the molecule is Nc1ncnc2c1ncn2C/C=C/CN1C(=O)c2ccccc2C1=O. The van der Waals surface area contributed by atoms with Gasteiger partial charge >= 0.3 is 0 Å². The van der Waals surface area contributed by atoms with E-state index in [0.717, 1.165) is 0 Å². The molecule has 2 amide bonds. The van der Waals surface area contributed by atoms with Gasteiger partial charge in [0.1, 0.15) is 11.8 Å². The van der Waals surface area contributed by atoms with Crippen LogP contribution in [0.4, 0.5) is 5.82 Å². The van der Waals surface area contributed by atoms with Crippen molar-refractivity contribution in [1.82, 2.24) is 24.4 Å². The molecule has 0 atom stereocenters. The number of amides is 2. The van der Waals surface area contributed by atoms with Gasteiger partial charge in [-0.25, -0.2) is 15.0 Å². The van der Waals surface area contributed by atoms with Crippen LogP contribution >= 0.6 is 0 Å². The Bertz CT molecular complexity index is 988. The number of hydrogen-bond acceptors (Lipinski definition) is 6. The summed E-state index contributed by atoms with van der Waals surface area (Å²) in [5, 5.41) is 0. The van der Waals surface area contributed by atoms with E-state index < -0.39 is 0 Å². The number of nitrogens with two attached hydrogens (primary N) is 1. The molecular weight excluding hydrogens is 320 g/mol. The quantitative estimate of drug-likeness (QED) is 0.568. The summed E-state index contributed by atoms with van der Waals surface area (Å²) in [7, 11) is 0. The standard InChI is InChI=1S/C17H14N6O2/c18-14-13-15(20-9-19-14)22(10-21-13)7-3-4-8-23-16(24)11-5-1-2-6-12(11)17(23)25/h1-6,9-10H,7-8H2,(H2,18,19,20)/b4-3+. The van der Waals surface area contributed by atoms with Crippen LogP contribution in [0.5, 0.6) is 0 Å². The molecule has 0 aliphatic carbocycles. The maximum absolute atomic E-state index is 12.3. The number of aromatic nitrogens is 4. The third kappa shape index (κ3) is 2.44. The van der Waals surface area contributed by atoms with Crippen molar-refractivity contribution in [2.24, 2.45) is 0 Å². The number of carbonyl (C=O) groups is 2. The zero-order valence-corrected chi connectivity index (χ0v) is 13.2. The predicted octanol–water partition coefficient (Wildman–Crippen LogP) is 1.26. The van der Waals surface area contributed by atoms with E-state index in [1.807, 2.05) is 10.6 Å². The van der Waals surface area contributed by atoms with Gasteiger partial charge in [-0.15, -0.1) is 0 Å². The van der Waals surface area contributed by atoms with Crippen molar-refractivity contribution in [3.05, 3.63) is 60.2 Å². The number of nitrogen functional groups attached to an aromatic ring is 1. The maximum Gasteiger partial charge on any atom is 0.261 e. The maximum atomic E-state index is 12.3. The van der Waals surface area contributed by atoms with Gasteiger partial charge in [0.2, 0.25) is 0 Å². The molecule has 0 bridgehead atoms. The largest absolute Gasteiger partial charge is 0.382 e. The van der Waals surface area contributed by atoms with Crippen LogP contribution in [0.15, 0.2) is 49.1 Å². The highest BCUT2D eigenvalue weighted by Gasteiger charge is 2.33.